The predicted octanol–water partition coefficient (Wildman–Crippen LogP) is 1.84. The van der Waals surface area contributed by atoms with Crippen LogP contribution in [0.4, 0.5) is 10.2 Å². The van der Waals surface area contributed by atoms with Gasteiger partial charge in [-0.25, -0.2) is 4.39 Å². The fourth-order valence-electron chi connectivity index (χ4n) is 2.57. The van der Waals surface area contributed by atoms with Gasteiger partial charge in [0.05, 0.1) is 19.2 Å². The molecule has 26 heavy (non-hydrogen) atoms. The van der Waals surface area contributed by atoms with Crippen molar-refractivity contribution in [3.63, 3.8) is 0 Å². The molecule has 0 radical (unpaired) electrons. The number of ether oxygens (including phenoxy) is 1. The number of carbonyl (C=O) groups excluding carboxylic acids is 1. The lowest BCUT2D eigenvalue weighted by molar-refractivity contribution is 0.0974. The standard InChI is InChI=1S/C17H14FN5O3/c1-19-15-12(9-4-3-5-11(26-2)14(9)18)13(10(24)8-22-15)16(25)23-17-20-6-7-21-17/h3-5,8,24H,6-7H2,2H3,(H2,20,21,23,25). The summed E-state index contributed by atoms with van der Waals surface area (Å²) in [6.45, 7) is 8.37. The monoisotopic (exact) mass is 355 g/mol. The molecule has 0 spiro atoms. The summed E-state index contributed by atoms with van der Waals surface area (Å²) in [4.78, 5) is 23.8. The minimum absolute atomic E-state index is 0.0602. The molecule has 1 aliphatic rings. The number of aliphatic imine (C=N–C) groups is 1. The van der Waals surface area contributed by atoms with Crippen LogP contribution < -0.4 is 15.4 Å². The molecule has 132 valence electrons. The number of amides is 1. The third-order valence-corrected chi connectivity index (χ3v) is 3.73. The number of halogens is 1. The maximum absolute atomic E-state index is 14.7. The van der Waals surface area contributed by atoms with Crippen LogP contribution in [0.25, 0.3) is 16.0 Å². The number of hydrogen-bond acceptors (Lipinski definition) is 6. The van der Waals surface area contributed by atoms with Crippen LogP contribution in [0, 0.1) is 12.4 Å². The summed E-state index contributed by atoms with van der Waals surface area (Å²) >= 11 is 0. The van der Waals surface area contributed by atoms with Gasteiger partial charge in [0.1, 0.15) is 0 Å². The Morgan fingerprint density at radius 1 is 1.50 bits per heavy atom. The zero-order chi connectivity index (χ0) is 18.7. The molecule has 0 unspecified atom stereocenters. The molecule has 0 aliphatic carbocycles. The van der Waals surface area contributed by atoms with E-state index in [2.05, 4.69) is 25.5 Å². The molecule has 0 atom stereocenters. The summed E-state index contributed by atoms with van der Waals surface area (Å²) in [7, 11) is 1.30. The van der Waals surface area contributed by atoms with Crippen molar-refractivity contribution in [3.8, 4) is 22.6 Å². The lowest BCUT2D eigenvalue weighted by Crippen LogP contribution is -2.38. The molecule has 3 N–H and O–H groups in total. The van der Waals surface area contributed by atoms with Gasteiger partial charge in [0.2, 0.25) is 0 Å². The minimum atomic E-state index is -0.766. The van der Waals surface area contributed by atoms with Crippen LogP contribution in [-0.2, 0) is 0 Å². The quantitative estimate of drug-likeness (QED) is 0.730. The van der Waals surface area contributed by atoms with E-state index >= 15 is 0 Å². The highest BCUT2D eigenvalue weighted by molar-refractivity contribution is 6.12. The second kappa shape index (κ2) is 7.06. The molecule has 9 heteroatoms. The van der Waals surface area contributed by atoms with Crippen molar-refractivity contribution in [1.29, 1.82) is 0 Å². The van der Waals surface area contributed by atoms with E-state index in [4.69, 9.17) is 11.3 Å². The second-order valence-electron chi connectivity index (χ2n) is 5.26. The third-order valence-electron chi connectivity index (χ3n) is 3.73. The summed E-state index contributed by atoms with van der Waals surface area (Å²) in [5, 5.41) is 15.6. The molecule has 2 heterocycles. The molecule has 1 aromatic heterocycles. The molecule has 0 saturated carbocycles. The lowest BCUT2D eigenvalue weighted by Gasteiger charge is -2.14. The Morgan fingerprint density at radius 3 is 2.96 bits per heavy atom. The summed E-state index contributed by atoms with van der Waals surface area (Å²) in [5.41, 5.74) is -0.465. The Kier molecular flexibility index (Phi) is 4.66. The van der Waals surface area contributed by atoms with Gasteiger partial charge in [-0.1, -0.05) is 18.7 Å². The first-order valence-corrected chi connectivity index (χ1v) is 7.58. The summed E-state index contributed by atoms with van der Waals surface area (Å²) < 4.78 is 19.7. The maximum atomic E-state index is 14.7. The Labute approximate surface area is 148 Å². The van der Waals surface area contributed by atoms with E-state index in [9.17, 15) is 14.3 Å². The maximum Gasteiger partial charge on any atom is 0.278 e. The van der Waals surface area contributed by atoms with Crippen LogP contribution in [0.15, 0.2) is 29.4 Å². The first-order chi connectivity index (χ1) is 12.6. The highest BCUT2D eigenvalue weighted by atomic mass is 19.1. The number of rotatable bonds is 3. The van der Waals surface area contributed by atoms with Crippen molar-refractivity contribution in [2.75, 3.05) is 20.2 Å². The van der Waals surface area contributed by atoms with Gasteiger partial charge in [0.15, 0.2) is 29.5 Å². The molecule has 0 fully saturated rings. The van der Waals surface area contributed by atoms with Gasteiger partial charge in [0.25, 0.3) is 11.7 Å². The summed E-state index contributed by atoms with van der Waals surface area (Å²) in [5.74, 6) is -2.02. The minimum Gasteiger partial charge on any atom is -0.504 e. The number of benzene rings is 1. The largest absolute Gasteiger partial charge is 0.504 e. The van der Waals surface area contributed by atoms with Crippen molar-refractivity contribution in [2.45, 2.75) is 0 Å². The van der Waals surface area contributed by atoms with Crippen LogP contribution in [0.1, 0.15) is 10.4 Å². The Bertz CT molecular complexity index is 952. The number of methoxy groups -OCH3 is 1. The van der Waals surface area contributed by atoms with Gasteiger partial charge in [-0.2, -0.15) is 0 Å². The topological polar surface area (TPSA) is 100 Å². The van der Waals surface area contributed by atoms with Crippen LogP contribution in [0.5, 0.6) is 11.5 Å². The highest BCUT2D eigenvalue weighted by Crippen LogP contribution is 2.39. The van der Waals surface area contributed by atoms with Crippen LogP contribution in [0.3, 0.4) is 0 Å². The average molecular weight is 355 g/mol. The highest BCUT2D eigenvalue weighted by Gasteiger charge is 2.26. The second-order valence-corrected chi connectivity index (χ2v) is 5.26. The van der Waals surface area contributed by atoms with Gasteiger partial charge in [-0.05, 0) is 6.07 Å². The van der Waals surface area contributed by atoms with E-state index in [1.54, 1.807) is 0 Å². The molecular weight excluding hydrogens is 341 g/mol. The number of pyridine rings is 1. The Balaban J connectivity index is 2.19. The fraction of sp³-hybridized carbons (Fsp3) is 0.176. The van der Waals surface area contributed by atoms with Crippen molar-refractivity contribution in [3.05, 3.63) is 47.2 Å². The van der Waals surface area contributed by atoms with Crippen LogP contribution in [0.2, 0.25) is 0 Å². The van der Waals surface area contributed by atoms with Crippen molar-refractivity contribution >= 4 is 17.7 Å². The van der Waals surface area contributed by atoms with Crippen molar-refractivity contribution < 1.29 is 19.0 Å². The molecule has 0 bridgehead atoms. The molecule has 3 rings (SSSR count). The zero-order valence-electron chi connectivity index (χ0n) is 13.7. The summed E-state index contributed by atoms with van der Waals surface area (Å²) in [6, 6.07) is 4.30. The Hall–Kier alpha value is -3.67. The number of aromatic hydroxyl groups is 1. The molecule has 1 aliphatic heterocycles. The molecule has 1 amide bonds. The zero-order valence-corrected chi connectivity index (χ0v) is 13.7. The molecule has 0 saturated heterocycles. The van der Waals surface area contributed by atoms with Crippen molar-refractivity contribution in [1.82, 2.24) is 15.6 Å². The van der Waals surface area contributed by atoms with E-state index in [0.29, 0.717) is 13.1 Å². The normalized spacial score (nSPS) is 12.7. The SMILES string of the molecule is [C-]#[N+]c1ncc(O)c(C(=O)NC2=NCCN2)c1-c1cccc(OC)c1F. The van der Waals surface area contributed by atoms with Gasteiger partial charge < -0.3 is 20.0 Å². The molecule has 8 nitrogen and oxygen atoms in total. The number of nitrogens with one attached hydrogen (secondary N) is 2. The van der Waals surface area contributed by atoms with E-state index < -0.39 is 17.5 Å². The van der Waals surface area contributed by atoms with Crippen LogP contribution in [-0.4, -0.2) is 42.2 Å². The smallest absolute Gasteiger partial charge is 0.278 e. The van der Waals surface area contributed by atoms with Gasteiger partial charge >= 0.3 is 0 Å². The van der Waals surface area contributed by atoms with E-state index in [-0.39, 0.29) is 34.2 Å². The van der Waals surface area contributed by atoms with Gasteiger partial charge in [-0.15, -0.1) is 4.98 Å². The number of nitrogens with zero attached hydrogens (tertiary/aromatic N) is 3. The first-order valence-electron chi connectivity index (χ1n) is 7.58. The number of guanidine groups is 1. The number of aromatic nitrogens is 1. The lowest BCUT2D eigenvalue weighted by atomic mass is 9.98. The number of hydrogen-bond donors (Lipinski definition) is 3. The predicted molar refractivity (Wildman–Crippen MR) is 91.9 cm³/mol. The van der Waals surface area contributed by atoms with Gasteiger partial charge in [0, 0.05) is 17.7 Å². The van der Waals surface area contributed by atoms with Crippen molar-refractivity contribution in [2.24, 2.45) is 4.99 Å². The number of carbonyl (C=O) groups is 1. The Morgan fingerprint density at radius 2 is 2.31 bits per heavy atom. The molecular formula is C17H14FN5O3. The fourth-order valence-corrected chi connectivity index (χ4v) is 2.57. The first kappa shape index (κ1) is 17.2. The van der Waals surface area contributed by atoms with E-state index in [0.717, 1.165) is 6.20 Å². The van der Waals surface area contributed by atoms with Gasteiger partial charge in [-0.3, -0.25) is 15.1 Å². The average Bonchev–Trinajstić information content (AvgIpc) is 3.14. The third kappa shape index (κ3) is 3.00. The molecule has 2 aromatic rings. The van der Waals surface area contributed by atoms with E-state index in [1.165, 1.54) is 25.3 Å². The molecule has 1 aromatic carbocycles. The van der Waals surface area contributed by atoms with Crippen LogP contribution >= 0.6 is 0 Å². The van der Waals surface area contributed by atoms with E-state index in [1.807, 2.05) is 0 Å². The summed E-state index contributed by atoms with van der Waals surface area (Å²) in [6.07, 6.45) is 0.980.